The van der Waals surface area contributed by atoms with Gasteiger partial charge in [-0.05, 0) is 31.2 Å². The average molecular weight is 243 g/mol. The fraction of sp³-hybridized carbons (Fsp3) is 0.231. The highest BCUT2D eigenvalue weighted by molar-refractivity contribution is 6.20. The van der Waals surface area contributed by atoms with Crippen LogP contribution in [0.15, 0.2) is 30.5 Å². The number of imide groups is 1. The molecule has 92 valence electrons. The molecule has 0 atom stereocenters. The molecule has 0 saturated carbocycles. The first-order chi connectivity index (χ1) is 8.70. The number of likely N-dealkylation sites (N-methyl/N-ethyl adjacent to an activating group) is 1. The third kappa shape index (κ3) is 1.48. The first-order valence-corrected chi connectivity index (χ1v) is 5.89. The Morgan fingerprint density at radius 3 is 2.83 bits per heavy atom. The van der Waals surface area contributed by atoms with Gasteiger partial charge in [0.25, 0.3) is 5.91 Å². The van der Waals surface area contributed by atoms with Crippen LogP contribution in [0, 0.1) is 0 Å². The lowest BCUT2D eigenvalue weighted by atomic mass is 10.2. The molecular formula is C13H13N3O2. The first-order valence-electron chi connectivity index (χ1n) is 5.89. The molecule has 5 heteroatoms. The summed E-state index contributed by atoms with van der Waals surface area (Å²) in [7, 11) is 0. The summed E-state index contributed by atoms with van der Waals surface area (Å²) in [5.41, 5.74) is 1.62. The Hall–Kier alpha value is -2.30. The minimum Gasteiger partial charge on any atom is -0.361 e. The molecule has 3 amide bonds. The number of H-pyrrole nitrogens is 1. The number of hydrogen-bond donors (Lipinski definition) is 1. The number of nitrogens with one attached hydrogen (secondary N) is 1. The predicted molar refractivity (Wildman–Crippen MR) is 68.4 cm³/mol. The SMILES string of the molecule is CCN1CC(=O)N(c2ccc3[nH]ccc3c2)C1=O. The molecule has 1 fully saturated rings. The van der Waals surface area contributed by atoms with Gasteiger partial charge in [-0.3, -0.25) is 4.79 Å². The number of nitrogens with zero attached hydrogens (tertiary/aromatic N) is 2. The maximum atomic E-state index is 12.0. The first kappa shape index (κ1) is 10.8. The number of fused-ring (bicyclic) bond motifs is 1. The number of anilines is 1. The van der Waals surface area contributed by atoms with E-state index in [1.165, 1.54) is 9.80 Å². The van der Waals surface area contributed by atoms with Gasteiger partial charge in [0.15, 0.2) is 0 Å². The summed E-state index contributed by atoms with van der Waals surface area (Å²) in [6.07, 6.45) is 1.83. The zero-order chi connectivity index (χ0) is 12.7. The van der Waals surface area contributed by atoms with Crippen LogP contribution in [0.25, 0.3) is 10.9 Å². The van der Waals surface area contributed by atoms with Gasteiger partial charge in [0, 0.05) is 23.6 Å². The van der Waals surface area contributed by atoms with Crippen molar-refractivity contribution in [1.82, 2.24) is 9.88 Å². The van der Waals surface area contributed by atoms with Crippen molar-refractivity contribution < 1.29 is 9.59 Å². The lowest BCUT2D eigenvalue weighted by Gasteiger charge is -2.15. The number of hydrogen-bond acceptors (Lipinski definition) is 2. The highest BCUT2D eigenvalue weighted by Crippen LogP contribution is 2.25. The lowest BCUT2D eigenvalue weighted by molar-refractivity contribution is -0.116. The topological polar surface area (TPSA) is 56.4 Å². The predicted octanol–water partition coefficient (Wildman–Crippen LogP) is 1.96. The second kappa shape index (κ2) is 3.87. The van der Waals surface area contributed by atoms with E-state index in [-0.39, 0.29) is 18.5 Å². The van der Waals surface area contributed by atoms with Crippen LogP contribution in [0.2, 0.25) is 0 Å². The van der Waals surface area contributed by atoms with E-state index in [0.29, 0.717) is 12.2 Å². The number of aromatic amines is 1. The highest BCUT2D eigenvalue weighted by atomic mass is 16.2. The van der Waals surface area contributed by atoms with Crippen LogP contribution in [0.3, 0.4) is 0 Å². The summed E-state index contributed by atoms with van der Waals surface area (Å²) in [6, 6.07) is 7.19. The number of amides is 3. The molecule has 1 aliphatic heterocycles. The van der Waals surface area contributed by atoms with Crippen LogP contribution in [-0.4, -0.2) is 34.9 Å². The minimum absolute atomic E-state index is 0.167. The van der Waals surface area contributed by atoms with Crippen molar-refractivity contribution in [3.05, 3.63) is 30.5 Å². The third-order valence-electron chi connectivity index (χ3n) is 3.21. The van der Waals surface area contributed by atoms with Crippen molar-refractivity contribution >= 4 is 28.5 Å². The summed E-state index contributed by atoms with van der Waals surface area (Å²) in [6.45, 7) is 2.58. The largest absolute Gasteiger partial charge is 0.361 e. The van der Waals surface area contributed by atoms with E-state index in [1.807, 2.05) is 31.3 Å². The van der Waals surface area contributed by atoms with Gasteiger partial charge in [-0.25, -0.2) is 9.69 Å². The zero-order valence-electron chi connectivity index (χ0n) is 10.0. The van der Waals surface area contributed by atoms with Gasteiger partial charge in [0.05, 0.1) is 5.69 Å². The minimum atomic E-state index is -0.239. The molecule has 2 aromatic rings. The number of carbonyl (C=O) groups is 2. The van der Waals surface area contributed by atoms with E-state index >= 15 is 0 Å². The average Bonchev–Trinajstić information content (AvgIpc) is 2.93. The van der Waals surface area contributed by atoms with Crippen molar-refractivity contribution in [1.29, 1.82) is 0 Å². The summed E-state index contributed by atoms with van der Waals surface area (Å²) >= 11 is 0. The second-order valence-corrected chi connectivity index (χ2v) is 4.28. The van der Waals surface area contributed by atoms with E-state index in [1.54, 1.807) is 6.07 Å². The fourth-order valence-electron chi connectivity index (χ4n) is 2.23. The zero-order valence-corrected chi connectivity index (χ0v) is 10.0. The van der Waals surface area contributed by atoms with Crippen molar-refractivity contribution in [3.8, 4) is 0 Å². The number of carbonyl (C=O) groups excluding carboxylic acids is 2. The molecule has 0 unspecified atom stereocenters. The van der Waals surface area contributed by atoms with Gasteiger partial charge in [-0.15, -0.1) is 0 Å². The smallest absolute Gasteiger partial charge is 0.331 e. The van der Waals surface area contributed by atoms with Crippen molar-refractivity contribution in [2.45, 2.75) is 6.92 Å². The molecule has 1 aromatic heterocycles. The number of aromatic nitrogens is 1. The Morgan fingerprint density at radius 2 is 2.11 bits per heavy atom. The molecule has 0 radical (unpaired) electrons. The molecule has 1 aliphatic rings. The van der Waals surface area contributed by atoms with Crippen LogP contribution in [-0.2, 0) is 4.79 Å². The molecule has 0 bridgehead atoms. The molecule has 1 N–H and O–H groups in total. The quantitative estimate of drug-likeness (QED) is 0.820. The molecular weight excluding hydrogens is 230 g/mol. The maximum absolute atomic E-state index is 12.0. The van der Waals surface area contributed by atoms with E-state index in [9.17, 15) is 9.59 Å². The van der Waals surface area contributed by atoms with E-state index in [2.05, 4.69) is 4.98 Å². The number of urea groups is 1. The molecule has 0 aliphatic carbocycles. The van der Waals surface area contributed by atoms with Crippen molar-refractivity contribution in [2.24, 2.45) is 0 Å². The summed E-state index contributed by atoms with van der Waals surface area (Å²) in [5, 5.41) is 0.989. The van der Waals surface area contributed by atoms with E-state index < -0.39 is 0 Å². The Labute approximate surface area is 104 Å². The second-order valence-electron chi connectivity index (χ2n) is 4.28. The Balaban J connectivity index is 2.03. The van der Waals surface area contributed by atoms with Gasteiger partial charge < -0.3 is 9.88 Å². The molecule has 2 heterocycles. The standard InChI is InChI=1S/C13H13N3O2/c1-2-15-8-12(17)16(13(15)18)10-3-4-11-9(7-10)5-6-14-11/h3-7,14H,2,8H2,1H3. The van der Waals surface area contributed by atoms with Gasteiger partial charge in [0.2, 0.25) is 0 Å². The van der Waals surface area contributed by atoms with E-state index in [4.69, 9.17) is 0 Å². The molecule has 18 heavy (non-hydrogen) atoms. The highest BCUT2D eigenvalue weighted by Gasteiger charge is 2.36. The van der Waals surface area contributed by atoms with Crippen molar-refractivity contribution in [3.63, 3.8) is 0 Å². The molecule has 5 nitrogen and oxygen atoms in total. The normalized spacial score (nSPS) is 16.1. The number of benzene rings is 1. The summed E-state index contributed by atoms with van der Waals surface area (Å²) < 4.78 is 0. The van der Waals surface area contributed by atoms with Crippen LogP contribution in [0.5, 0.6) is 0 Å². The van der Waals surface area contributed by atoms with Crippen LogP contribution in [0.1, 0.15) is 6.92 Å². The van der Waals surface area contributed by atoms with Crippen molar-refractivity contribution in [2.75, 3.05) is 18.0 Å². The van der Waals surface area contributed by atoms with Gasteiger partial charge in [-0.1, -0.05) is 0 Å². The number of rotatable bonds is 2. The Morgan fingerprint density at radius 1 is 1.28 bits per heavy atom. The summed E-state index contributed by atoms with van der Waals surface area (Å²) in [5.74, 6) is -0.170. The molecule has 3 rings (SSSR count). The fourth-order valence-corrected chi connectivity index (χ4v) is 2.23. The Kier molecular flexibility index (Phi) is 2.33. The van der Waals surface area contributed by atoms with E-state index in [0.717, 1.165) is 10.9 Å². The van der Waals surface area contributed by atoms with Crippen LogP contribution in [0.4, 0.5) is 10.5 Å². The van der Waals surface area contributed by atoms with Crippen LogP contribution < -0.4 is 4.90 Å². The molecule has 0 spiro atoms. The summed E-state index contributed by atoms with van der Waals surface area (Å²) in [4.78, 5) is 29.8. The third-order valence-corrected chi connectivity index (χ3v) is 3.21. The lowest BCUT2D eigenvalue weighted by Crippen LogP contribution is -2.32. The molecule has 1 saturated heterocycles. The Bertz CT molecular complexity index is 632. The van der Waals surface area contributed by atoms with Gasteiger partial charge in [0.1, 0.15) is 6.54 Å². The van der Waals surface area contributed by atoms with Gasteiger partial charge in [-0.2, -0.15) is 0 Å². The monoisotopic (exact) mass is 243 g/mol. The van der Waals surface area contributed by atoms with Crippen LogP contribution >= 0.6 is 0 Å². The molecule has 1 aromatic carbocycles. The maximum Gasteiger partial charge on any atom is 0.331 e. The van der Waals surface area contributed by atoms with Gasteiger partial charge >= 0.3 is 6.03 Å².